The molecule has 1 amide bonds. The van der Waals surface area contributed by atoms with Crippen molar-refractivity contribution in [2.75, 3.05) is 13.2 Å². The number of carboxylic acid groups (broad SMARTS) is 1. The quantitative estimate of drug-likeness (QED) is 0.111. The number of carboxylic acids is 1. The van der Waals surface area contributed by atoms with Gasteiger partial charge in [-0.1, -0.05) is 0 Å². The van der Waals surface area contributed by atoms with Crippen molar-refractivity contribution in [3.05, 3.63) is 0 Å². The number of hydrogen-bond acceptors (Lipinski definition) is 17. The highest BCUT2D eigenvalue weighted by Gasteiger charge is 2.52. The van der Waals surface area contributed by atoms with E-state index in [0.717, 1.165) is 0 Å². The molecule has 0 aromatic carbocycles. The third-order valence-corrected chi connectivity index (χ3v) is 7.50. The zero-order chi connectivity index (χ0) is 30.8. The molecule has 0 radical (unpaired) electrons. The van der Waals surface area contributed by atoms with E-state index in [4.69, 9.17) is 47.0 Å². The number of carbonyl (C=O) groups excluding carboxylic acids is 1. The summed E-state index contributed by atoms with van der Waals surface area (Å²) < 4.78 is 22.4. The summed E-state index contributed by atoms with van der Waals surface area (Å²) in [6, 6.07) is -5.11. The van der Waals surface area contributed by atoms with E-state index >= 15 is 0 Å². The zero-order valence-corrected chi connectivity index (χ0v) is 21.9. The summed E-state index contributed by atoms with van der Waals surface area (Å²) >= 11 is 0. The summed E-state index contributed by atoms with van der Waals surface area (Å²) in [5.74, 6) is -2.27. The molecule has 2 heterocycles. The first-order chi connectivity index (χ1) is 19.2. The van der Waals surface area contributed by atoms with Crippen molar-refractivity contribution in [2.24, 2.45) is 22.9 Å². The number of carbonyl (C=O) groups is 2. The maximum Gasteiger partial charge on any atom is 0.305 e. The van der Waals surface area contributed by atoms with E-state index in [1.165, 1.54) is 0 Å². The van der Waals surface area contributed by atoms with Crippen molar-refractivity contribution in [3.63, 3.8) is 0 Å². The highest BCUT2D eigenvalue weighted by atomic mass is 16.7. The van der Waals surface area contributed by atoms with Gasteiger partial charge in [-0.15, -0.1) is 0 Å². The SMILES string of the molecule is NC[C@H]1O[C@H](O[C@H]2[C@H](O)[C@@H](O[C@H]3O[C@H](CO)[C@@H](O)[C@H](N)[C@H]3O)[C@H](NC(=O)[C@@H](N)CC(=O)O)C[C@@H]2N)[C@H](O)[C@@H](O)[C@@H]1O. The first-order valence-electron chi connectivity index (χ1n) is 13.0. The fourth-order valence-corrected chi connectivity index (χ4v) is 5.07. The molecule has 0 unspecified atom stereocenters. The van der Waals surface area contributed by atoms with Gasteiger partial charge in [-0.25, -0.2) is 0 Å². The Morgan fingerprint density at radius 2 is 1.44 bits per heavy atom. The Morgan fingerprint density at radius 3 is 2.02 bits per heavy atom. The minimum atomic E-state index is -1.79. The van der Waals surface area contributed by atoms with Gasteiger partial charge in [-0.3, -0.25) is 9.59 Å². The van der Waals surface area contributed by atoms with Crippen molar-refractivity contribution in [2.45, 2.75) is 111 Å². The average molecular weight is 600 g/mol. The molecule has 238 valence electrons. The van der Waals surface area contributed by atoms with Crippen LogP contribution in [0.15, 0.2) is 0 Å². The zero-order valence-electron chi connectivity index (χ0n) is 21.9. The van der Waals surface area contributed by atoms with Gasteiger partial charge in [-0.05, 0) is 6.42 Å². The number of rotatable bonds is 10. The summed E-state index contributed by atoms with van der Waals surface area (Å²) in [5.41, 5.74) is 23.3. The Kier molecular flexibility index (Phi) is 11.7. The van der Waals surface area contributed by atoms with Crippen LogP contribution in [0, 0.1) is 0 Å². The van der Waals surface area contributed by atoms with Crippen LogP contribution in [0.4, 0.5) is 0 Å². The van der Waals surface area contributed by atoms with Crippen molar-refractivity contribution in [3.8, 4) is 0 Å². The molecule has 1 saturated carbocycles. The van der Waals surface area contributed by atoms with Crippen LogP contribution in [0.1, 0.15) is 12.8 Å². The Labute approximate surface area is 233 Å². The third-order valence-electron chi connectivity index (χ3n) is 7.50. The average Bonchev–Trinajstić information content (AvgIpc) is 2.92. The lowest BCUT2D eigenvalue weighted by Gasteiger charge is -2.49. The number of aliphatic carboxylic acids is 1. The highest BCUT2D eigenvalue weighted by molar-refractivity contribution is 5.86. The maximum atomic E-state index is 12.6. The minimum absolute atomic E-state index is 0.201. The Balaban J connectivity index is 1.86. The molecule has 0 aromatic heterocycles. The van der Waals surface area contributed by atoms with E-state index in [9.17, 15) is 45.3 Å². The van der Waals surface area contributed by atoms with E-state index in [1.807, 2.05) is 0 Å². The second kappa shape index (κ2) is 14.2. The van der Waals surface area contributed by atoms with Crippen molar-refractivity contribution in [1.82, 2.24) is 5.32 Å². The lowest BCUT2D eigenvalue weighted by Crippen LogP contribution is -2.69. The molecule has 17 N–H and O–H groups in total. The van der Waals surface area contributed by atoms with Gasteiger partial charge in [0, 0.05) is 12.6 Å². The van der Waals surface area contributed by atoms with Gasteiger partial charge >= 0.3 is 5.97 Å². The van der Waals surface area contributed by atoms with Crippen molar-refractivity contribution >= 4 is 11.9 Å². The number of nitrogens with two attached hydrogens (primary N) is 4. The number of aliphatic hydroxyl groups excluding tert-OH is 7. The van der Waals surface area contributed by atoms with Crippen LogP contribution in [-0.4, -0.2) is 164 Å². The highest BCUT2D eigenvalue weighted by Crippen LogP contribution is 2.32. The molecule has 1 aliphatic carbocycles. The normalized spacial score (nSPS) is 46.1. The third kappa shape index (κ3) is 7.47. The number of amides is 1. The van der Waals surface area contributed by atoms with Crippen LogP contribution in [0.3, 0.4) is 0 Å². The topological polar surface area (TPSA) is 349 Å². The smallest absolute Gasteiger partial charge is 0.305 e. The van der Waals surface area contributed by atoms with Gasteiger partial charge in [-0.2, -0.15) is 0 Å². The Morgan fingerprint density at radius 1 is 0.854 bits per heavy atom. The maximum absolute atomic E-state index is 12.6. The number of aliphatic hydroxyl groups is 7. The molecule has 19 heteroatoms. The largest absolute Gasteiger partial charge is 0.481 e. The lowest BCUT2D eigenvalue weighted by atomic mass is 9.83. The van der Waals surface area contributed by atoms with E-state index in [-0.39, 0.29) is 13.0 Å². The lowest BCUT2D eigenvalue weighted by molar-refractivity contribution is -0.332. The van der Waals surface area contributed by atoms with Crippen LogP contribution in [0.25, 0.3) is 0 Å². The Bertz CT molecular complexity index is 888. The molecule has 3 aliphatic rings. The molecular weight excluding hydrogens is 558 g/mol. The van der Waals surface area contributed by atoms with Crippen molar-refractivity contribution < 1.29 is 69.4 Å². The van der Waals surface area contributed by atoms with Crippen LogP contribution in [-0.2, 0) is 28.5 Å². The van der Waals surface area contributed by atoms with Crippen LogP contribution in [0.5, 0.6) is 0 Å². The number of nitrogens with one attached hydrogen (secondary N) is 1. The van der Waals surface area contributed by atoms with Gasteiger partial charge < -0.3 is 88.1 Å². The molecule has 0 aromatic rings. The molecule has 0 spiro atoms. The molecule has 19 nitrogen and oxygen atoms in total. The first-order valence-corrected chi connectivity index (χ1v) is 13.0. The standard InChI is InChI=1S/C22H41N5O14/c23-3-8-13(32)15(34)16(35)22(38-8)40-18-5(24)1-7(27-20(37)6(25)2-10(29)30)19(17(18)36)41-21-14(33)11(26)12(31)9(4-28)39-21/h5-9,11-19,21-22,28,31-36H,1-4,23-26H2,(H,27,37)(H,29,30)/t5-,6-,7+,8+,9+,11-,12+,13+,14+,15-,16+,17-,18+,19-,21+,22+/m0/s1. The van der Waals surface area contributed by atoms with Gasteiger partial charge in [0.15, 0.2) is 12.6 Å². The summed E-state index contributed by atoms with van der Waals surface area (Å²) in [5, 5.41) is 83.7. The summed E-state index contributed by atoms with van der Waals surface area (Å²) in [7, 11) is 0. The molecule has 41 heavy (non-hydrogen) atoms. The molecule has 16 atom stereocenters. The second-order valence-corrected chi connectivity index (χ2v) is 10.4. The first kappa shape index (κ1) is 33.8. The fraction of sp³-hybridized carbons (Fsp3) is 0.909. The van der Waals surface area contributed by atoms with Gasteiger partial charge in [0.2, 0.25) is 5.91 Å². The summed E-state index contributed by atoms with van der Waals surface area (Å²) in [6.07, 6.45) is -19.5. The fourth-order valence-electron chi connectivity index (χ4n) is 5.07. The van der Waals surface area contributed by atoms with Gasteiger partial charge in [0.1, 0.15) is 61.0 Å². The predicted octanol–water partition coefficient (Wildman–Crippen LogP) is -8.33. The van der Waals surface area contributed by atoms with Gasteiger partial charge in [0.25, 0.3) is 0 Å². The molecular formula is C22H41N5O14. The Hall–Kier alpha value is -1.66. The van der Waals surface area contributed by atoms with Crippen LogP contribution >= 0.6 is 0 Å². The molecule has 0 bridgehead atoms. The summed E-state index contributed by atoms with van der Waals surface area (Å²) in [6.45, 7) is -0.960. The molecule has 2 aliphatic heterocycles. The van der Waals surface area contributed by atoms with E-state index in [1.54, 1.807) is 0 Å². The molecule has 3 fully saturated rings. The van der Waals surface area contributed by atoms with E-state index < -0.39 is 123 Å². The van der Waals surface area contributed by atoms with Gasteiger partial charge in [0.05, 0.1) is 31.2 Å². The summed E-state index contributed by atoms with van der Waals surface area (Å²) in [4.78, 5) is 23.6. The van der Waals surface area contributed by atoms with Crippen LogP contribution in [0.2, 0.25) is 0 Å². The molecule has 3 rings (SSSR count). The van der Waals surface area contributed by atoms with Crippen LogP contribution < -0.4 is 28.3 Å². The van der Waals surface area contributed by atoms with E-state index in [0.29, 0.717) is 0 Å². The second-order valence-electron chi connectivity index (χ2n) is 10.4. The van der Waals surface area contributed by atoms with Crippen molar-refractivity contribution in [1.29, 1.82) is 0 Å². The number of ether oxygens (including phenoxy) is 4. The minimum Gasteiger partial charge on any atom is -0.481 e. The monoisotopic (exact) mass is 599 g/mol. The number of hydrogen-bond donors (Lipinski definition) is 13. The molecule has 2 saturated heterocycles. The van der Waals surface area contributed by atoms with E-state index in [2.05, 4.69) is 5.32 Å². The predicted molar refractivity (Wildman–Crippen MR) is 132 cm³/mol.